The molecule has 1 aliphatic rings. The molecule has 1 aliphatic carbocycles. The largest absolute Gasteiger partial charge is 0.478 e. The minimum atomic E-state index is -0.913. The predicted octanol–water partition coefficient (Wildman–Crippen LogP) is 15.5. The van der Waals surface area contributed by atoms with Gasteiger partial charge < -0.3 is 10.2 Å². The summed E-state index contributed by atoms with van der Waals surface area (Å²) in [5, 5.41) is 18.7. The topological polar surface area (TPSA) is 74.6 Å². The van der Waals surface area contributed by atoms with Gasteiger partial charge in [0.15, 0.2) is 0 Å². The van der Waals surface area contributed by atoms with Crippen molar-refractivity contribution in [3.8, 4) is 55.6 Å². The van der Waals surface area contributed by atoms with Gasteiger partial charge in [0.1, 0.15) is 0 Å². The van der Waals surface area contributed by atoms with Gasteiger partial charge in [-0.3, -0.25) is 0 Å². The fraction of sp³-hybridized carbons (Fsp3) is 0.309. The number of carbonyl (C=O) groups is 2. The molecular weight excluding hydrogens is 725 g/mol. The summed E-state index contributed by atoms with van der Waals surface area (Å²) < 4.78 is 0. The van der Waals surface area contributed by atoms with Crippen molar-refractivity contribution in [1.29, 1.82) is 0 Å². The van der Waals surface area contributed by atoms with Crippen molar-refractivity contribution in [2.75, 3.05) is 0 Å². The van der Waals surface area contributed by atoms with Gasteiger partial charge in [-0.2, -0.15) is 0 Å². The first-order chi connectivity index (χ1) is 28.8. The second-order valence-electron chi connectivity index (χ2n) is 16.6. The van der Waals surface area contributed by atoms with E-state index in [0.717, 1.165) is 35.1 Å². The highest BCUT2D eigenvalue weighted by Gasteiger charge is 2.42. The van der Waals surface area contributed by atoms with Crippen LogP contribution >= 0.6 is 0 Å². The van der Waals surface area contributed by atoms with Gasteiger partial charge in [0.25, 0.3) is 0 Å². The number of hydrogen-bond acceptors (Lipinski definition) is 2. The Morgan fingerprint density at radius 2 is 0.644 bits per heavy atom. The Balaban J connectivity index is 1.25. The molecule has 0 unspecified atom stereocenters. The van der Waals surface area contributed by atoms with Crippen molar-refractivity contribution in [2.45, 2.75) is 109 Å². The van der Waals surface area contributed by atoms with E-state index >= 15 is 0 Å². The summed E-state index contributed by atoms with van der Waals surface area (Å²) in [7, 11) is 0. The fourth-order valence-corrected chi connectivity index (χ4v) is 9.25. The third-order valence-corrected chi connectivity index (χ3v) is 12.6. The number of carboxylic acids is 2. The van der Waals surface area contributed by atoms with E-state index in [1.54, 1.807) is 24.3 Å². The lowest BCUT2D eigenvalue weighted by atomic mass is 9.70. The van der Waals surface area contributed by atoms with Gasteiger partial charge >= 0.3 is 11.9 Å². The van der Waals surface area contributed by atoms with Crippen LogP contribution in [0.4, 0.5) is 0 Å². The van der Waals surface area contributed by atoms with Crippen molar-refractivity contribution >= 4 is 11.9 Å². The molecular formula is C55H58O4. The first kappa shape index (κ1) is 41.4. The van der Waals surface area contributed by atoms with Crippen LogP contribution in [0.1, 0.15) is 136 Å². The number of fused-ring (bicyclic) bond motifs is 3. The predicted molar refractivity (Wildman–Crippen MR) is 244 cm³/mol. The van der Waals surface area contributed by atoms with Crippen LogP contribution in [0.25, 0.3) is 55.6 Å². The van der Waals surface area contributed by atoms with Crippen molar-refractivity contribution in [3.63, 3.8) is 0 Å². The highest BCUT2D eigenvalue weighted by molar-refractivity contribution is 5.90. The van der Waals surface area contributed by atoms with Crippen molar-refractivity contribution < 1.29 is 19.8 Å². The van der Waals surface area contributed by atoms with Crippen LogP contribution in [0.2, 0.25) is 0 Å². The van der Waals surface area contributed by atoms with E-state index in [2.05, 4.69) is 98.8 Å². The van der Waals surface area contributed by atoms with Crippen LogP contribution in [0.15, 0.2) is 133 Å². The molecule has 4 heteroatoms. The molecule has 6 aromatic carbocycles. The SMILES string of the molecule is CCCCCCCCC1(CCCCCCCC)c2cc(-c3ccc(-c4ccc(C(=O)O)cc4)cc3)ccc2-c2ccc(-c3ccc(-c4ccc(C(=O)O)cc4)cc3)cc21. The fourth-order valence-electron chi connectivity index (χ4n) is 9.25. The summed E-state index contributed by atoms with van der Waals surface area (Å²) in [6.45, 7) is 4.57. The summed E-state index contributed by atoms with van der Waals surface area (Å²) in [6.07, 6.45) is 17.5. The standard InChI is InChI=1S/C55H58O4/c1-3-5-7-9-11-13-35-55(36-14-12-10-8-6-4-2)51-37-47(43-19-15-39(16-20-43)41-23-27-45(28-24-41)53(56)57)31-33-49(51)50-34-32-48(38-52(50)55)44-21-17-40(18-22-44)42-25-29-46(30-26-42)54(58)59/h15-34,37-38H,3-14,35-36H2,1-2H3,(H,56,57)(H,58,59). The molecule has 59 heavy (non-hydrogen) atoms. The van der Waals surface area contributed by atoms with Gasteiger partial charge in [0, 0.05) is 5.41 Å². The number of benzene rings is 6. The zero-order chi connectivity index (χ0) is 41.2. The normalized spacial score (nSPS) is 12.6. The molecule has 0 aliphatic heterocycles. The minimum absolute atomic E-state index is 0.0795. The molecule has 0 spiro atoms. The molecule has 6 aromatic rings. The summed E-state index contributed by atoms with van der Waals surface area (Å²) in [4.78, 5) is 22.8. The van der Waals surface area contributed by atoms with Crippen LogP contribution in [0, 0.1) is 0 Å². The van der Waals surface area contributed by atoms with Crippen LogP contribution < -0.4 is 0 Å². The number of unbranched alkanes of at least 4 members (excludes halogenated alkanes) is 10. The molecule has 0 radical (unpaired) electrons. The molecule has 0 atom stereocenters. The Hall–Kier alpha value is -5.74. The first-order valence-corrected chi connectivity index (χ1v) is 22.0. The maximum absolute atomic E-state index is 11.4. The average molecular weight is 783 g/mol. The molecule has 0 fully saturated rings. The van der Waals surface area contributed by atoms with Gasteiger partial charge in [-0.05, 0) is 116 Å². The molecule has 7 rings (SSSR count). The van der Waals surface area contributed by atoms with E-state index in [1.807, 2.05) is 24.3 Å². The lowest BCUT2D eigenvalue weighted by Crippen LogP contribution is -2.25. The third kappa shape index (κ3) is 9.44. The summed E-state index contributed by atoms with van der Waals surface area (Å²) in [5.41, 5.74) is 15.1. The van der Waals surface area contributed by atoms with Gasteiger partial charge in [0.05, 0.1) is 11.1 Å². The van der Waals surface area contributed by atoms with E-state index in [0.29, 0.717) is 11.1 Å². The van der Waals surface area contributed by atoms with E-state index in [4.69, 9.17) is 0 Å². The first-order valence-electron chi connectivity index (χ1n) is 22.0. The molecule has 0 saturated carbocycles. The third-order valence-electron chi connectivity index (χ3n) is 12.6. The van der Waals surface area contributed by atoms with E-state index in [9.17, 15) is 19.8 Å². The molecule has 2 N–H and O–H groups in total. The van der Waals surface area contributed by atoms with Gasteiger partial charge in [-0.15, -0.1) is 0 Å². The van der Waals surface area contributed by atoms with Gasteiger partial charge in [-0.1, -0.05) is 188 Å². The van der Waals surface area contributed by atoms with Crippen LogP contribution in [0.5, 0.6) is 0 Å². The second kappa shape index (κ2) is 19.3. The van der Waals surface area contributed by atoms with Gasteiger partial charge in [-0.25, -0.2) is 9.59 Å². The number of hydrogen-bond donors (Lipinski definition) is 2. The van der Waals surface area contributed by atoms with Crippen LogP contribution in [-0.2, 0) is 5.41 Å². The van der Waals surface area contributed by atoms with E-state index in [-0.39, 0.29) is 5.41 Å². The second-order valence-corrected chi connectivity index (χ2v) is 16.6. The Labute approximate surface area is 351 Å². The Morgan fingerprint density at radius 1 is 0.373 bits per heavy atom. The highest BCUT2D eigenvalue weighted by atomic mass is 16.4. The maximum atomic E-state index is 11.4. The lowest BCUT2D eigenvalue weighted by Gasteiger charge is -2.33. The smallest absolute Gasteiger partial charge is 0.335 e. The van der Waals surface area contributed by atoms with Crippen LogP contribution in [-0.4, -0.2) is 22.2 Å². The average Bonchev–Trinajstić information content (AvgIpc) is 3.54. The van der Waals surface area contributed by atoms with Crippen molar-refractivity contribution in [2.24, 2.45) is 0 Å². The Kier molecular flexibility index (Phi) is 13.6. The summed E-state index contributed by atoms with van der Waals surface area (Å²) in [6, 6.07) is 46.0. The Bertz CT molecular complexity index is 2170. The summed E-state index contributed by atoms with van der Waals surface area (Å²) in [5.74, 6) is -1.83. The van der Waals surface area contributed by atoms with Gasteiger partial charge in [0.2, 0.25) is 0 Å². The lowest BCUT2D eigenvalue weighted by molar-refractivity contribution is 0.0686. The zero-order valence-electron chi connectivity index (χ0n) is 34.8. The highest BCUT2D eigenvalue weighted by Crippen LogP contribution is 2.56. The summed E-state index contributed by atoms with van der Waals surface area (Å²) >= 11 is 0. The van der Waals surface area contributed by atoms with E-state index in [1.165, 1.54) is 122 Å². The molecule has 0 amide bonds. The number of aromatic carboxylic acids is 2. The minimum Gasteiger partial charge on any atom is -0.478 e. The molecule has 0 aromatic heterocycles. The maximum Gasteiger partial charge on any atom is 0.335 e. The zero-order valence-corrected chi connectivity index (χ0v) is 34.8. The number of rotatable bonds is 20. The van der Waals surface area contributed by atoms with E-state index < -0.39 is 11.9 Å². The molecule has 0 saturated heterocycles. The molecule has 4 nitrogen and oxygen atoms in total. The molecule has 302 valence electrons. The Morgan fingerprint density at radius 3 is 0.966 bits per heavy atom. The van der Waals surface area contributed by atoms with Crippen molar-refractivity contribution in [3.05, 3.63) is 156 Å². The monoisotopic (exact) mass is 782 g/mol. The number of carboxylic acid groups (broad SMARTS) is 2. The molecule has 0 bridgehead atoms. The van der Waals surface area contributed by atoms with Crippen LogP contribution in [0.3, 0.4) is 0 Å². The molecule has 0 heterocycles. The quantitative estimate of drug-likeness (QED) is 0.0756. The van der Waals surface area contributed by atoms with Crippen molar-refractivity contribution in [1.82, 2.24) is 0 Å².